The summed E-state index contributed by atoms with van der Waals surface area (Å²) in [6, 6.07) is 3.46. The number of fused-ring (bicyclic) bond motifs is 2. The molecule has 0 bridgehead atoms. The zero-order valence-corrected chi connectivity index (χ0v) is 31.5. The standard InChI is InChI=1S/C19H22ClFN6O2S.C16H16ClFN6/c1-2-6-30(28,29)27-5-3-4-13(11-27)25-19-16(21)10-24-18(26-19)15-9-23-17-14(15)7-12(20)8-22-17;17-9-4-11-12(7-21-14(11)20-5-9)15-22-8-13(18)16(24-15)23-10-2-1-3-19-6-10/h7-10,13H,2-6,11H2,1H3,(H,22,23)(H,24,25,26);4-5,7-8,10,19H,1-3,6H2,(H,20,21)(H,22,23,24). The number of piperidine rings is 2. The van der Waals surface area contributed by atoms with Gasteiger partial charge in [-0.3, -0.25) is 0 Å². The quantitative estimate of drug-likeness (QED) is 0.109. The third-order valence-electron chi connectivity index (χ3n) is 9.18. The fourth-order valence-electron chi connectivity index (χ4n) is 6.58. The first kappa shape index (κ1) is 37.8. The predicted molar refractivity (Wildman–Crippen MR) is 206 cm³/mol. The number of rotatable bonds is 9. The minimum Gasteiger partial charge on any atom is -0.364 e. The van der Waals surface area contributed by atoms with Gasteiger partial charge in [0.2, 0.25) is 10.0 Å². The van der Waals surface area contributed by atoms with Crippen LogP contribution in [0.5, 0.6) is 0 Å². The zero-order valence-electron chi connectivity index (χ0n) is 29.2. The van der Waals surface area contributed by atoms with Gasteiger partial charge >= 0.3 is 0 Å². The fourth-order valence-corrected chi connectivity index (χ4v) is 8.49. The van der Waals surface area contributed by atoms with Gasteiger partial charge in [-0.25, -0.2) is 47.1 Å². The number of sulfonamides is 1. The van der Waals surface area contributed by atoms with E-state index in [1.807, 2.05) is 6.92 Å². The van der Waals surface area contributed by atoms with Crippen LogP contribution in [0.2, 0.25) is 10.0 Å². The molecule has 54 heavy (non-hydrogen) atoms. The lowest BCUT2D eigenvalue weighted by atomic mass is 10.1. The Hall–Kier alpha value is -4.55. The number of hydrogen-bond donors (Lipinski definition) is 5. The zero-order chi connectivity index (χ0) is 37.8. The number of aromatic nitrogens is 8. The Morgan fingerprint density at radius 2 is 1.37 bits per heavy atom. The third kappa shape index (κ3) is 8.55. The average Bonchev–Trinajstić information content (AvgIpc) is 3.78. The second-order valence-corrected chi connectivity index (χ2v) is 16.1. The molecule has 2 fully saturated rings. The molecule has 0 amide bonds. The van der Waals surface area contributed by atoms with Crippen molar-refractivity contribution in [1.82, 2.24) is 49.5 Å². The molecule has 2 atom stereocenters. The lowest BCUT2D eigenvalue weighted by Gasteiger charge is -2.32. The van der Waals surface area contributed by atoms with Gasteiger partial charge in [-0.1, -0.05) is 30.1 Å². The molecular weight excluding hydrogens is 761 g/mol. The van der Waals surface area contributed by atoms with E-state index in [0.29, 0.717) is 57.9 Å². The molecule has 8 rings (SSSR count). The van der Waals surface area contributed by atoms with Crippen LogP contribution in [0.4, 0.5) is 20.4 Å². The van der Waals surface area contributed by atoms with E-state index in [2.05, 4.69) is 55.8 Å². The molecule has 2 aliphatic rings. The Balaban J connectivity index is 0.000000171. The first-order valence-corrected chi connectivity index (χ1v) is 20.0. The van der Waals surface area contributed by atoms with Gasteiger partial charge in [0, 0.05) is 78.4 Å². The number of H-pyrrole nitrogens is 2. The van der Waals surface area contributed by atoms with Crippen LogP contribution >= 0.6 is 23.2 Å². The lowest BCUT2D eigenvalue weighted by Crippen LogP contribution is -2.46. The molecule has 19 heteroatoms. The SMILES string of the molecule is CCCS(=O)(=O)N1CCCC(Nc2nc(-c3c[nH]c4ncc(Cl)cc34)ncc2F)C1.Fc1cnc(-c2c[nH]c3ncc(Cl)cc23)nc1NC1CCCNC1. The molecule has 2 saturated heterocycles. The summed E-state index contributed by atoms with van der Waals surface area (Å²) >= 11 is 12.1. The Labute approximate surface area is 320 Å². The number of nitrogens with one attached hydrogen (secondary N) is 5. The number of aromatic amines is 2. The van der Waals surface area contributed by atoms with Gasteiger partial charge < -0.3 is 25.9 Å². The summed E-state index contributed by atoms with van der Waals surface area (Å²) in [5.74, 6) is 0.0762. The van der Waals surface area contributed by atoms with Gasteiger partial charge in [-0.15, -0.1) is 0 Å². The van der Waals surface area contributed by atoms with Crippen LogP contribution in [0.15, 0.2) is 49.3 Å². The summed E-state index contributed by atoms with van der Waals surface area (Å²) in [6.45, 7) is 4.40. The van der Waals surface area contributed by atoms with E-state index in [1.165, 1.54) is 16.7 Å². The Morgan fingerprint density at radius 1 is 0.815 bits per heavy atom. The molecule has 6 aromatic rings. The van der Waals surface area contributed by atoms with Crippen LogP contribution in [-0.4, -0.2) is 96.6 Å². The van der Waals surface area contributed by atoms with Gasteiger partial charge in [0.1, 0.15) is 11.3 Å². The van der Waals surface area contributed by atoms with Gasteiger partial charge in [0.05, 0.1) is 28.2 Å². The summed E-state index contributed by atoms with van der Waals surface area (Å²) in [5.41, 5.74) is 2.71. The topological polar surface area (TPSA) is 182 Å². The smallest absolute Gasteiger partial charge is 0.214 e. The van der Waals surface area contributed by atoms with Crippen LogP contribution in [0.25, 0.3) is 44.8 Å². The van der Waals surface area contributed by atoms with Crippen molar-refractivity contribution < 1.29 is 17.2 Å². The van der Waals surface area contributed by atoms with Crippen molar-refractivity contribution in [2.24, 2.45) is 0 Å². The molecule has 2 unspecified atom stereocenters. The highest BCUT2D eigenvalue weighted by Gasteiger charge is 2.29. The van der Waals surface area contributed by atoms with Crippen molar-refractivity contribution in [3.63, 3.8) is 0 Å². The van der Waals surface area contributed by atoms with Crippen molar-refractivity contribution in [2.75, 3.05) is 42.6 Å². The second kappa shape index (κ2) is 16.4. The predicted octanol–water partition coefficient (Wildman–Crippen LogP) is 6.40. The highest BCUT2D eigenvalue weighted by Crippen LogP contribution is 2.30. The highest BCUT2D eigenvalue weighted by molar-refractivity contribution is 7.89. The fraction of sp³-hybridized carbons (Fsp3) is 0.371. The largest absolute Gasteiger partial charge is 0.364 e. The molecule has 0 saturated carbocycles. The second-order valence-electron chi connectivity index (χ2n) is 13.1. The molecule has 0 radical (unpaired) electrons. The molecule has 2 aliphatic heterocycles. The third-order valence-corrected chi connectivity index (χ3v) is 11.6. The van der Waals surface area contributed by atoms with E-state index in [-0.39, 0.29) is 36.0 Å². The van der Waals surface area contributed by atoms with E-state index in [4.69, 9.17) is 23.2 Å². The van der Waals surface area contributed by atoms with Crippen LogP contribution < -0.4 is 16.0 Å². The number of anilines is 2. The Kier molecular flexibility index (Phi) is 11.5. The van der Waals surface area contributed by atoms with Gasteiger partial charge in [-0.2, -0.15) is 4.31 Å². The van der Waals surface area contributed by atoms with Crippen molar-refractivity contribution in [2.45, 2.75) is 51.1 Å². The number of halogens is 4. The lowest BCUT2D eigenvalue weighted by molar-refractivity contribution is 0.326. The molecule has 5 N–H and O–H groups in total. The van der Waals surface area contributed by atoms with Crippen LogP contribution in [-0.2, 0) is 10.0 Å². The van der Waals surface area contributed by atoms with Crippen LogP contribution in [0.3, 0.4) is 0 Å². The molecule has 0 spiro atoms. The minimum absolute atomic E-state index is 0.0454. The molecule has 8 heterocycles. The summed E-state index contributed by atoms with van der Waals surface area (Å²) < 4.78 is 54.8. The Morgan fingerprint density at radius 3 is 1.91 bits per heavy atom. The number of hydrogen-bond acceptors (Lipinski definition) is 11. The molecule has 284 valence electrons. The van der Waals surface area contributed by atoms with Gasteiger partial charge in [-0.05, 0) is 50.8 Å². The van der Waals surface area contributed by atoms with Crippen molar-refractivity contribution in [3.05, 3.63) is 71.0 Å². The highest BCUT2D eigenvalue weighted by atomic mass is 35.5. The van der Waals surface area contributed by atoms with Gasteiger partial charge in [0.25, 0.3) is 0 Å². The van der Waals surface area contributed by atoms with E-state index in [1.54, 1.807) is 30.7 Å². The van der Waals surface area contributed by atoms with Crippen molar-refractivity contribution >= 4 is 66.9 Å². The summed E-state index contributed by atoms with van der Waals surface area (Å²) in [7, 11) is -3.30. The van der Waals surface area contributed by atoms with Crippen molar-refractivity contribution in [3.8, 4) is 22.8 Å². The first-order chi connectivity index (χ1) is 26.1. The Bertz CT molecular complexity index is 2370. The summed E-state index contributed by atoms with van der Waals surface area (Å²) in [4.78, 5) is 31.5. The maximum absolute atomic E-state index is 14.4. The molecule has 0 aliphatic carbocycles. The molecular formula is C35H38Cl2F2N12O2S. The van der Waals surface area contributed by atoms with Crippen LogP contribution in [0.1, 0.15) is 39.0 Å². The van der Waals surface area contributed by atoms with Crippen molar-refractivity contribution in [1.29, 1.82) is 0 Å². The normalized spacial score (nSPS) is 18.0. The van der Waals surface area contributed by atoms with E-state index in [0.717, 1.165) is 54.9 Å². The maximum atomic E-state index is 14.4. The van der Waals surface area contributed by atoms with Gasteiger partial charge in [0.15, 0.2) is 34.9 Å². The minimum atomic E-state index is -3.30. The van der Waals surface area contributed by atoms with Crippen LogP contribution in [0, 0.1) is 11.6 Å². The van der Waals surface area contributed by atoms with E-state index < -0.39 is 21.7 Å². The van der Waals surface area contributed by atoms with E-state index >= 15 is 0 Å². The number of nitrogens with zero attached hydrogens (tertiary/aromatic N) is 7. The summed E-state index contributed by atoms with van der Waals surface area (Å²) in [5, 5.41) is 12.1. The van der Waals surface area contributed by atoms with E-state index in [9.17, 15) is 17.2 Å². The number of pyridine rings is 2. The molecule has 14 nitrogen and oxygen atoms in total. The molecule has 0 aromatic carbocycles. The average molecular weight is 800 g/mol. The molecule has 6 aromatic heterocycles. The summed E-state index contributed by atoms with van der Waals surface area (Å²) in [6.07, 6.45) is 12.9. The monoisotopic (exact) mass is 798 g/mol. The first-order valence-electron chi connectivity index (χ1n) is 17.6. The maximum Gasteiger partial charge on any atom is 0.214 e.